The highest BCUT2D eigenvalue weighted by Gasteiger charge is 1.98. The zero-order chi connectivity index (χ0) is 9.52. The van der Waals surface area contributed by atoms with Crippen LogP contribution >= 0.6 is 0 Å². The van der Waals surface area contributed by atoms with E-state index in [2.05, 4.69) is 11.5 Å². The predicted molar refractivity (Wildman–Crippen MR) is 55.2 cm³/mol. The molecule has 0 atom stereocenters. The van der Waals surface area contributed by atoms with E-state index in [0.29, 0.717) is 0 Å². The molecule has 0 aliphatic heterocycles. The molecule has 0 fully saturated rings. The van der Waals surface area contributed by atoms with Gasteiger partial charge in [0.2, 0.25) is 0 Å². The molecule has 0 unspecified atom stereocenters. The minimum absolute atomic E-state index is 0.838. The Kier molecular flexibility index (Phi) is 4.30. The average Bonchev–Trinajstić information content (AvgIpc) is 2.15. The summed E-state index contributed by atoms with van der Waals surface area (Å²) in [5.74, 6) is 0. The van der Waals surface area contributed by atoms with Gasteiger partial charge in [0.05, 0.1) is 0 Å². The molecule has 0 aliphatic carbocycles. The van der Waals surface area contributed by atoms with Crippen molar-refractivity contribution in [1.82, 2.24) is 0 Å². The van der Waals surface area contributed by atoms with Crippen molar-refractivity contribution >= 4 is 5.69 Å². The number of nitrogens with zero attached hydrogens (tertiary/aromatic N) is 1. The number of unbranched alkanes of at least 4 members (excludes halogenated alkanes) is 3. The third-order valence-corrected chi connectivity index (χ3v) is 2.19. The smallest absolute Gasteiger partial charge is 0.170 e. The highest BCUT2D eigenvalue weighted by Crippen LogP contribution is 1.99. The maximum atomic E-state index is 5.59. The van der Waals surface area contributed by atoms with Crippen LogP contribution in [-0.4, -0.2) is 0 Å². The van der Waals surface area contributed by atoms with Crippen molar-refractivity contribution in [2.45, 2.75) is 39.2 Å². The van der Waals surface area contributed by atoms with Crippen LogP contribution in [0.1, 0.15) is 32.6 Å². The number of hydrogen-bond acceptors (Lipinski definition) is 1. The minimum atomic E-state index is 0.838. The molecule has 2 heteroatoms. The van der Waals surface area contributed by atoms with E-state index >= 15 is 0 Å². The number of anilines is 1. The Balaban J connectivity index is 2.25. The van der Waals surface area contributed by atoms with E-state index in [0.717, 1.165) is 12.2 Å². The molecule has 1 aromatic heterocycles. The molecule has 0 saturated heterocycles. The maximum Gasteiger partial charge on any atom is 0.170 e. The number of nitrogens with two attached hydrogens (primary N) is 1. The molecule has 1 heterocycles. The van der Waals surface area contributed by atoms with Crippen LogP contribution in [0.15, 0.2) is 24.5 Å². The van der Waals surface area contributed by atoms with Crippen LogP contribution in [0.3, 0.4) is 0 Å². The van der Waals surface area contributed by atoms with Gasteiger partial charge in [-0.15, -0.1) is 0 Å². The van der Waals surface area contributed by atoms with E-state index in [1.165, 1.54) is 25.7 Å². The second-order valence-corrected chi connectivity index (χ2v) is 3.43. The number of aryl methyl sites for hydroxylation is 1. The van der Waals surface area contributed by atoms with Crippen molar-refractivity contribution in [3.8, 4) is 0 Å². The predicted octanol–water partition coefficient (Wildman–Crippen LogP) is 2.14. The lowest BCUT2D eigenvalue weighted by Gasteiger charge is -1.97. The van der Waals surface area contributed by atoms with Crippen molar-refractivity contribution in [1.29, 1.82) is 0 Å². The summed E-state index contributed by atoms with van der Waals surface area (Å²) in [5.41, 5.74) is 6.43. The second-order valence-electron chi connectivity index (χ2n) is 3.43. The summed E-state index contributed by atoms with van der Waals surface area (Å²) in [5, 5.41) is 0. The van der Waals surface area contributed by atoms with Gasteiger partial charge in [0, 0.05) is 24.2 Å². The molecule has 0 spiro atoms. The molecule has 2 N–H and O–H groups in total. The largest absolute Gasteiger partial charge is 0.398 e. The van der Waals surface area contributed by atoms with Gasteiger partial charge in [-0.2, -0.15) is 0 Å². The Morgan fingerprint density at radius 3 is 2.46 bits per heavy atom. The molecule has 0 aromatic carbocycles. The third kappa shape index (κ3) is 3.92. The standard InChI is InChI=1S/C11H18N2/c1-2-3-4-5-8-13-9-6-11(12)7-10-13/h6-7,9-10,12H,2-5,8H2,1H3/p+1. The molecule has 0 aliphatic rings. The average molecular weight is 179 g/mol. The molecule has 0 radical (unpaired) electrons. The Morgan fingerprint density at radius 1 is 1.15 bits per heavy atom. The molecule has 13 heavy (non-hydrogen) atoms. The van der Waals surface area contributed by atoms with E-state index in [4.69, 9.17) is 5.73 Å². The molecular formula is C11H19N2+. The summed E-state index contributed by atoms with van der Waals surface area (Å²) in [6.07, 6.45) is 9.32. The molecule has 1 aromatic rings. The number of aromatic nitrogens is 1. The zero-order valence-corrected chi connectivity index (χ0v) is 8.37. The quantitative estimate of drug-likeness (QED) is 0.544. The summed E-state index contributed by atoms with van der Waals surface area (Å²) in [7, 11) is 0. The fourth-order valence-corrected chi connectivity index (χ4v) is 1.34. The fraction of sp³-hybridized carbons (Fsp3) is 0.545. The molecule has 2 nitrogen and oxygen atoms in total. The molecule has 72 valence electrons. The first-order chi connectivity index (χ1) is 6.33. The van der Waals surface area contributed by atoms with Crippen LogP contribution in [0.5, 0.6) is 0 Å². The monoisotopic (exact) mass is 179 g/mol. The summed E-state index contributed by atoms with van der Waals surface area (Å²) in [6, 6.07) is 3.89. The molecular weight excluding hydrogens is 160 g/mol. The van der Waals surface area contributed by atoms with Crippen molar-refractivity contribution in [2.75, 3.05) is 5.73 Å². The second kappa shape index (κ2) is 5.57. The molecule has 0 bridgehead atoms. The first-order valence-corrected chi connectivity index (χ1v) is 5.07. The van der Waals surface area contributed by atoms with Gasteiger partial charge in [0.15, 0.2) is 12.4 Å². The van der Waals surface area contributed by atoms with Gasteiger partial charge in [-0.05, 0) is 6.42 Å². The Hall–Kier alpha value is -1.05. The summed E-state index contributed by atoms with van der Waals surface area (Å²) in [6.45, 7) is 3.34. The lowest BCUT2D eigenvalue weighted by molar-refractivity contribution is -0.697. The number of rotatable bonds is 5. The van der Waals surface area contributed by atoms with Gasteiger partial charge in [-0.25, -0.2) is 4.57 Å². The van der Waals surface area contributed by atoms with Crippen LogP contribution in [0.4, 0.5) is 5.69 Å². The number of nitrogen functional groups attached to an aromatic ring is 1. The Labute approximate surface area is 80.4 Å². The highest BCUT2D eigenvalue weighted by atomic mass is 14.9. The van der Waals surface area contributed by atoms with Crippen LogP contribution in [0.25, 0.3) is 0 Å². The molecule has 1 rings (SSSR count). The molecule has 0 amide bonds. The van der Waals surface area contributed by atoms with Gasteiger partial charge in [-0.1, -0.05) is 19.8 Å². The maximum absolute atomic E-state index is 5.59. The van der Waals surface area contributed by atoms with Gasteiger partial charge < -0.3 is 5.73 Å². The Bertz CT molecular complexity index is 228. The lowest BCUT2D eigenvalue weighted by atomic mass is 10.2. The van der Waals surface area contributed by atoms with E-state index in [9.17, 15) is 0 Å². The summed E-state index contributed by atoms with van der Waals surface area (Å²) >= 11 is 0. The first kappa shape index (κ1) is 10.0. The van der Waals surface area contributed by atoms with Crippen molar-refractivity contribution in [3.63, 3.8) is 0 Å². The highest BCUT2D eigenvalue weighted by molar-refractivity contribution is 5.32. The van der Waals surface area contributed by atoms with E-state index in [1.807, 2.05) is 24.5 Å². The van der Waals surface area contributed by atoms with Gasteiger partial charge in [0.25, 0.3) is 0 Å². The van der Waals surface area contributed by atoms with E-state index in [1.54, 1.807) is 0 Å². The van der Waals surface area contributed by atoms with Crippen LogP contribution < -0.4 is 10.3 Å². The zero-order valence-electron chi connectivity index (χ0n) is 8.37. The summed E-state index contributed by atoms with van der Waals surface area (Å²) in [4.78, 5) is 0. The Morgan fingerprint density at radius 2 is 1.85 bits per heavy atom. The van der Waals surface area contributed by atoms with Gasteiger partial charge in [-0.3, -0.25) is 0 Å². The van der Waals surface area contributed by atoms with Crippen LogP contribution in [0.2, 0.25) is 0 Å². The fourth-order valence-electron chi connectivity index (χ4n) is 1.34. The first-order valence-electron chi connectivity index (χ1n) is 5.07. The van der Waals surface area contributed by atoms with E-state index in [-0.39, 0.29) is 0 Å². The van der Waals surface area contributed by atoms with Crippen LogP contribution in [0, 0.1) is 0 Å². The molecule has 0 saturated carbocycles. The van der Waals surface area contributed by atoms with Gasteiger partial charge in [0.1, 0.15) is 6.54 Å². The van der Waals surface area contributed by atoms with Crippen LogP contribution in [-0.2, 0) is 6.54 Å². The number of pyridine rings is 1. The van der Waals surface area contributed by atoms with Crippen molar-refractivity contribution in [3.05, 3.63) is 24.5 Å². The third-order valence-electron chi connectivity index (χ3n) is 2.19. The van der Waals surface area contributed by atoms with E-state index < -0.39 is 0 Å². The topological polar surface area (TPSA) is 29.9 Å². The van der Waals surface area contributed by atoms with Crippen molar-refractivity contribution < 1.29 is 4.57 Å². The normalized spacial score (nSPS) is 10.2. The SMILES string of the molecule is CCCCCC[n+]1ccc(N)cc1. The minimum Gasteiger partial charge on any atom is -0.398 e. The van der Waals surface area contributed by atoms with Gasteiger partial charge >= 0.3 is 0 Å². The number of hydrogen-bond donors (Lipinski definition) is 1. The summed E-state index contributed by atoms with van der Waals surface area (Å²) < 4.78 is 2.19. The lowest BCUT2D eigenvalue weighted by Crippen LogP contribution is -2.32. The van der Waals surface area contributed by atoms with Crippen molar-refractivity contribution in [2.24, 2.45) is 0 Å².